The summed E-state index contributed by atoms with van der Waals surface area (Å²) >= 11 is 4.46. The SMILES string of the molecule is O=S(=O)(NCC1=CCOc2ccccc21)c1ccc(Br)s1. The molecule has 1 aliphatic heterocycles. The zero-order valence-electron chi connectivity index (χ0n) is 10.9. The molecule has 0 radical (unpaired) electrons. The first kappa shape index (κ1) is 14.8. The molecule has 0 bridgehead atoms. The third-order valence-corrected chi connectivity index (χ3v) is 6.58. The summed E-state index contributed by atoms with van der Waals surface area (Å²) in [7, 11) is -3.48. The molecule has 0 fully saturated rings. The molecular formula is C14H12BrNO3S2. The first-order valence-electron chi connectivity index (χ1n) is 6.22. The van der Waals surface area contributed by atoms with Crippen LogP contribution in [0.25, 0.3) is 5.57 Å². The Morgan fingerprint density at radius 1 is 1.24 bits per heavy atom. The van der Waals surface area contributed by atoms with E-state index in [2.05, 4.69) is 20.7 Å². The van der Waals surface area contributed by atoms with E-state index in [9.17, 15) is 8.42 Å². The number of benzene rings is 1. The largest absolute Gasteiger partial charge is 0.489 e. The Morgan fingerprint density at radius 2 is 2.05 bits per heavy atom. The van der Waals surface area contributed by atoms with Crippen LogP contribution in [-0.4, -0.2) is 21.6 Å². The van der Waals surface area contributed by atoms with E-state index in [-0.39, 0.29) is 6.54 Å². The van der Waals surface area contributed by atoms with Gasteiger partial charge in [0.05, 0.1) is 3.79 Å². The standard InChI is InChI=1S/C14H12BrNO3S2/c15-13-5-6-14(20-13)21(17,18)16-9-10-7-8-19-12-4-2-1-3-11(10)12/h1-7,16H,8-9H2. The van der Waals surface area contributed by atoms with Gasteiger partial charge in [-0.05, 0) is 45.8 Å². The van der Waals surface area contributed by atoms with E-state index < -0.39 is 10.0 Å². The molecule has 4 nitrogen and oxygen atoms in total. The molecule has 0 aliphatic carbocycles. The van der Waals surface area contributed by atoms with Gasteiger partial charge < -0.3 is 4.74 Å². The monoisotopic (exact) mass is 385 g/mol. The lowest BCUT2D eigenvalue weighted by Gasteiger charge is -2.18. The molecule has 1 aromatic carbocycles. The molecule has 0 amide bonds. The van der Waals surface area contributed by atoms with Crippen LogP contribution >= 0.6 is 27.3 Å². The number of halogens is 1. The third kappa shape index (κ3) is 3.21. The van der Waals surface area contributed by atoms with Crippen molar-refractivity contribution < 1.29 is 13.2 Å². The summed E-state index contributed by atoms with van der Waals surface area (Å²) < 4.78 is 33.7. The van der Waals surface area contributed by atoms with Crippen molar-refractivity contribution in [1.82, 2.24) is 4.72 Å². The van der Waals surface area contributed by atoms with Gasteiger partial charge in [-0.1, -0.05) is 18.2 Å². The summed E-state index contributed by atoms with van der Waals surface area (Å²) in [4.78, 5) is 0. The van der Waals surface area contributed by atoms with Crippen molar-refractivity contribution in [3.8, 4) is 5.75 Å². The van der Waals surface area contributed by atoms with E-state index in [1.54, 1.807) is 12.1 Å². The number of ether oxygens (including phenoxy) is 1. The number of hydrogen-bond donors (Lipinski definition) is 1. The van der Waals surface area contributed by atoms with Crippen molar-refractivity contribution in [2.24, 2.45) is 0 Å². The summed E-state index contributed by atoms with van der Waals surface area (Å²) in [5.74, 6) is 0.785. The Morgan fingerprint density at radius 3 is 2.81 bits per heavy atom. The Hall–Kier alpha value is -1.15. The summed E-state index contributed by atoms with van der Waals surface area (Å²) in [6.07, 6.45) is 1.90. The molecule has 0 saturated carbocycles. The number of thiophene rings is 1. The molecule has 21 heavy (non-hydrogen) atoms. The Bertz CT molecular complexity index is 796. The van der Waals surface area contributed by atoms with Crippen LogP contribution in [0.3, 0.4) is 0 Å². The summed E-state index contributed by atoms with van der Waals surface area (Å²) in [5.41, 5.74) is 1.86. The number of hydrogen-bond acceptors (Lipinski definition) is 4. The Kier molecular flexibility index (Phi) is 4.17. The molecular weight excluding hydrogens is 374 g/mol. The van der Waals surface area contributed by atoms with E-state index in [1.807, 2.05) is 30.3 Å². The van der Waals surface area contributed by atoms with Crippen LogP contribution in [0, 0.1) is 0 Å². The van der Waals surface area contributed by atoms with Gasteiger partial charge in [-0.15, -0.1) is 11.3 Å². The summed E-state index contributed by atoms with van der Waals surface area (Å²) in [6, 6.07) is 10.9. The van der Waals surface area contributed by atoms with Gasteiger partial charge in [0.2, 0.25) is 10.0 Å². The van der Waals surface area contributed by atoms with E-state index in [1.165, 1.54) is 11.3 Å². The fraction of sp³-hybridized carbons (Fsp3) is 0.143. The molecule has 110 valence electrons. The molecule has 0 spiro atoms. The zero-order chi connectivity index (χ0) is 14.9. The van der Waals surface area contributed by atoms with Crippen molar-refractivity contribution in [2.75, 3.05) is 13.2 Å². The first-order valence-corrected chi connectivity index (χ1v) is 9.32. The van der Waals surface area contributed by atoms with Crippen LogP contribution in [0.4, 0.5) is 0 Å². The lowest BCUT2D eigenvalue weighted by atomic mass is 10.0. The van der Waals surface area contributed by atoms with E-state index in [0.29, 0.717) is 10.8 Å². The van der Waals surface area contributed by atoms with Gasteiger partial charge in [0, 0.05) is 12.1 Å². The number of rotatable bonds is 4. The van der Waals surface area contributed by atoms with Crippen molar-refractivity contribution in [3.05, 3.63) is 51.8 Å². The number of para-hydroxylation sites is 1. The van der Waals surface area contributed by atoms with Gasteiger partial charge >= 0.3 is 0 Å². The second-order valence-corrected chi connectivity index (χ2v) is 8.88. The molecule has 2 aromatic rings. The predicted octanol–water partition coefficient (Wildman–Crippen LogP) is 3.26. The minimum absolute atomic E-state index is 0.248. The number of nitrogens with one attached hydrogen (secondary N) is 1. The van der Waals surface area contributed by atoms with Crippen LogP contribution in [0.2, 0.25) is 0 Å². The smallest absolute Gasteiger partial charge is 0.250 e. The van der Waals surface area contributed by atoms with Gasteiger partial charge in [0.15, 0.2) is 0 Å². The van der Waals surface area contributed by atoms with E-state index in [0.717, 1.165) is 20.7 Å². The fourth-order valence-corrected chi connectivity index (χ4v) is 5.11. The van der Waals surface area contributed by atoms with Crippen LogP contribution < -0.4 is 9.46 Å². The van der Waals surface area contributed by atoms with Crippen molar-refractivity contribution in [3.63, 3.8) is 0 Å². The van der Waals surface area contributed by atoms with Crippen LogP contribution in [0.1, 0.15) is 5.56 Å². The highest BCUT2D eigenvalue weighted by Gasteiger charge is 2.19. The lowest BCUT2D eigenvalue weighted by Crippen LogP contribution is -2.25. The van der Waals surface area contributed by atoms with Crippen LogP contribution in [0.5, 0.6) is 5.75 Å². The topological polar surface area (TPSA) is 55.4 Å². The van der Waals surface area contributed by atoms with Crippen molar-refractivity contribution in [2.45, 2.75) is 4.21 Å². The third-order valence-electron chi connectivity index (χ3n) is 3.07. The molecule has 0 saturated heterocycles. The van der Waals surface area contributed by atoms with Crippen molar-refractivity contribution >= 4 is 42.9 Å². The maximum Gasteiger partial charge on any atom is 0.250 e. The van der Waals surface area contributed by atoms with E-state index >= 15 is 0 Å². The van der Waals surface area contributed by atoms with Gasteiger partial charge in [-0.25, -0.2) is 13.1 Å². The molecule has 0 atom stereocenters. The summed E-state index contributed by atoms with van der Waals surface area (Å²) in [6.45, 7) is 0.705. The van der Waals surface area contributed by atoms with E-state index in [4.69, 9.17) is 4.74 Å². The highest BCUT2D eigenvalue weighted by molar-refractivity contribution is 9.11. The maximum absolute atomic E-state index is 12.2. The normalized spacial score (nSPS) is 14.2. The highest BCUT2D eigenvalue weighted by atomic mass is 79.9. The number of sulfonamides is 1. The quantitative estimate of drug-likeness (QED) is 0.878. The minimum atomic E-state index is -3.48. The highest BCUT2D eigenvalue weighted by Crippen LogP contribution is 2.30. The van der Waals surface area contributed by atoms with Gasteiger partial charge in [0.25, 0.3) is 0 Å². The Balaban J connectivity index is 1.78. The molecule has 2 heterocycles. The molecule has 0 unspecified atom stereocenters. The van der Waals surface area contributed by atoms with Crippen LogP contribution in [0.15, 0.2) is 50.5 Å². The maximum atomic E-state index is 12.2. The Labute approximate surface area is 135 Å². The second-order valence-electron chi connectivity index (χ2n) is 4.42. The van der Waals surface area contributed by atoms with Gasteiger partial charge in [-0.3, -0.25) is 0 Å². The van der Waals surface area contributed by atoms with Crippen LogP contribution in [-0.2, 0) is 10.0 Å². The van der Waals surface area contributed by atoms with Gasteiger partial charge in [-0.2, -0.15) is 0 Å². The number of fused-ring (bicyclic) bond motifs is 1. The molecule has 1 aromatic heterocycles. The molecule has 1 N–H and O–H groups in total. The average molecular weight is 386 g/mol. The molecule has 3 rings (SSSR count). The first-order chi connectivity index (χ1) is 10.1. The lowest BCUT2D eigenvalue weighted by molar-refractivity contribution is 0.357. The average Bonchev–Trinajstić information content (AvgIpc) is 2.93. The van der Waals surface area contributed by atoms with Crippen molar-refractivity contribution in [1.29, 1.82) is 0 Å². The minimum Gasteiger partial charge on any atom is -0.489 e. The molecule has 1 aliphatic rings. The summed E-state index contributed by atoms with van der Waals surface area (Å²) in [5, 5.41) is 0. The predicted molar refractivity (Wildman–Crippen MR) is 87.1 cm³/mol. The zero-order valence-corrected chi connectivity index (χ0v) is 14.1. The second kappa shape index (κ2) is 5.92. The molecule has 7 heteroatoms. The fourth-order valence-electron chi connectivity index (χ4n) is 2.05. The van der Waals surface area contributed by atoms with Gasteiger partial charge in [0.1, 0.15) is 16.6 Å².